The number of carbonyl (C=O) groups is 1. The number of benzene rings is 1. The van der Waals surface area contributed by atoms with Gasteiger partial charge in [-0.1, -0.05) is 30.3 Å². The Hall–Kier alpha value is -1.59. The number of hydrogen-bond donors (Lipinski definition) is 1. The number of nitrogens with two attached hydrogens (primary N) is 1. The second kappa shape index (κ2) is 6.54. The van der Waals surface area contributed by atoms with E-state index in [0.29, 0.717) is 13.1 Å². The molecule has 1 fully saturated rings. The summed E-state index contributed by atoms with van der Waals surface area (Å²) in [5.74, 6) is 0. The molecule has 2 atom stereocenters. The molecule has 0 bridgehead atoms. The minimum absolute atomic E-state index is 0.00646. The second-order valence-corrected chi connectivity index (χ2v) is 4.80. The van der Waals surface area contributed by atoms with Gasteiger partial charge in [0.05, 0.1) is 12.6 Å². The van der Waals surface area contributed by atoms with E-state index < -0.39 is 0 Å². The van der Waals surface area contributed by atoms with E-state index >= 15 is 0 Å². The molecule has 0 aromatic heterocycles. The lowest BCUT2D eigenvalue weighted by molar-refractivity contribution is 0.0156. The molecule has 0 unspecified atom stereocenters. The van der Waals surface area contributed by atoms with E-state index in [-0.39, 0.29) is 24.8 Å². The van der Waals surface area contributed by atoms with Crippen molar-refractivity contribution in [2.24, 2.45) is 5.73 Å². The Morgan fingerprint density at radius 1 is 1.37 bits per heavy atom. The first-order valence-electron chi connectivity index (χ1n) is 6.43. The number of ether oxygens (including phenoxy) is 2. The lowest BCUT2D eigenvalue weighted by Crippen LogP contribution is -2.52. The molecule has 1 amide bonds. The van der Waals surface area contributed by atoms with Gasteiger partial charge >= 0.3 is 6.09 Å². The second-order valence-electron chi connectivity index (χ2n) is 4.80. The monoisotopic (exact) mass is 264 g/mol. The van der Waals surface area contributed by atoms with Gasteiger partial charge in [-0.25, -0.2) is 4.79 Å². The minimum Gasteiger partial charge on any atom is -0.445 e. The third kappa shape index (κ3) is 3.94. The average Bonchev–Trinajstić information content (AvgIpc) is 2.45. The molecule has 1 saturated heterocycles. The summed E-state index contributed by atoms with van der Waals surface area (Å²) in [5.41, 5.74) is 6.88. The van der Waals surface area contributed by atoms with Gasteiger partial charge < -0.3 is 20.1 Å². The van der Waals surface area contributed by atoms with Crippen molar-refractivity contribution in [3.63, 3.8) is 0 Å². The number of amides is 1. The van der Waals surface area contributed by atoms with E-state index in [4.69, 9.17) is 15.2 Å². The molecule has 5 nitrogen and oxygen atoms in total. The van der Waals surface area contributed by atoms with Crippen LogP contribution in [0.15, 0.2) is 30.3 Å². The molecule has 2 rings (SSSR count). The fraction of sp³-hybridized carbons (Fsp3) is 0.500. The summed E-state index contributed by atoms with van der Waals surface area (Å²) in [6.07, 6.45) is 0.438. The summed E-state index contributed by atoms with van der Waals surface area (Å²) < 4.78 is 10.6. The number of methoxy groups -OCH3 is 1. The molecule has 1 aliphatic rings. The Kier molecular flexibility index (Phi) is 4.76. The van der Waals surface area contributed by atoms with Crippen molar-refractivity contribution in [1.82, 2.24) is 4.90 Å². The zero-order valence-electron chi connectivity index (χ0n) is 11.1. The summed E-state index contributed by atoms with van der Waals surface area (Å²) in [4.78, 5) is 13.6. The van der Waals surface area contributed by atoms with Crippen LogP contribution in [0.3, 0.4) is 0 Å². The van der Waals surface area contributed by atoms with Crippen LogP contribution in [0.5, 0.6) is 0 Å². The van der Waals surface area contributed by atoms with Gasteiger partial charge in [-0.15, -0.1) is 0 Å². The molecule has 1 aromatic rings. The average molecular weight is 264 g/mol. The fourth-order valence-corrected chi connectivity index (χ4v) is 2.22. The van der Waals surface area contributed by atoms with Crippen molar-refractivity contribution in [3.05, 3.63) is 35.9 Å². The van der Waals surface area contributed by atoms with Crippen LogP contribution in [0.2, 0.25) is 0 Å². The van der Waals surface area contributed by atoms with Gasteiger partial charge in [0.1, 0.15) is 6.61 Å². The lowest BCUT2D eigenvalue weighted by Gasteiger charge is -2.34. The molecule has 0 saturated carbocycles. The summed E-state index contributed by atoms with van der Waals surface area (Å²) >= 11 is 0. The highest BCUT2D eigenvalue weighted by molar-refractivity contribution is 5.68. The first-order chi connectivity index (χ1) is 9.19. The Morgan fingerprint density at radius 2 is 2.11 bits per heavy atom. The minimum atomic E-state index is -0.332. The van der Waals surface area contributed by atoms with Crippen molar-refractivity contribution in [2.45, 2.75) is 25.2 Å². The molecule has 5 heteroatoms. The number of likely N-dealkylation sites (tertiary alicyclic amines) is 1. The Bertz CT molecular complexity index is 410. The van der Waals surface area contributed by atoms with Gasteiger partial charge in [0.15, 0.2) is 0 Å². The zero-order chi connectivity index (χ0) is 13.7. The Balaban J connectivity index is 1.85. The van der Waals surface area contributed by atoms with Gasteiger partial charge in [0, 0.05) is 19.7 Å². The van der Waals surface area contributed by atoms with Crippen LogP contribution in [-0.2, 0) is 16.1 Å². The molecule has 1 heterocycles. The van der Waals surface area contributed by atoms with Crippen LogP contribution in [0.1, 0.15) is 12.0 Å². The Morgan fingerprint density at radius 3 is 2.79 bits per heavy atom. The van der Waals surface area contributed by atoms with Gasteiger partial charge in [-0.05, 0) is 12.0 Å². The number of hydrogen-bond acceptors (Lipinski definition) is 4. The maximum Gasteiger partial charge on any atom is 0.410 e. The highest BCUT2D eigenvalue weighted by atomic mass is 16.6. The normalized spacial score (nSPS) is 23.2. The largest absolute Gasteiger partial charge is 0.445 e. The van der Waals surface area contributed by atoms with E-state index in [0.717, 1.165) is 12.0 Å². The van der Waals surface area contributed by atoms with Crippen LogP contribution in [0.4, 0.5) is 4.79 Å². The van der Waals surface area contributed by atoms with Crippen LogP contribution < -0.4 is 5.73 Å². The molecule has 0 aliphatic carbocycles. The van der Waals surface area contributed by atoms with E-state index in [1.54, 1.807) is 12.0 Å². The lowest BCUT2D eigenvalue weighted by atomic mass is 10.0. The Labute approximate surface area is 113 Å². The molecule has 0 spiro atoms. The van der Waals surface area contributed by atoms with Gasteiger partial charge in [0.2, 0.25) is 0 Å². The van der Waals surface area contributed by atoms with Gasteiger partial charge in [0.25, 0.3) is 0 Å². The molecule has 1 aliphatic heterocycles. The molecule has 1 aromatic carbocycles. The van der Waals surface area contributed by atoms with E-state index in [1.165, 1.54) is 0 Å². The first kappa shape index (κ1) is 13.8. The summed E-state index contributed by atoms with van der Waals surface area (Å²) in [6.45, 7) is 1.34. The third-order valence-electron chi connectivity index (χ3n) is 3.24. The van der Waals surface area contributed by atoms with E-state index in [2.05, 4.69) is 0 Å². The zero-order valence-corrected chi connectivity index (χ0v) is 11.1. The first-order valence-corrected chi connectivity index (χ1v) is 6.43. The highest BCUT2D eigenvalue weighted by Crippen LogP contribution is 2.13. The van der Waals surface area contributed by atoms with Crippen molar-refractivity contribution in [3.8, 4) is 0 Å². The van der Waals surface area contributed by atoms with Crippen LogP contribution >= 0.6 is 0 Å². The molecule has 104 valence electrons. The summed E-state index contributed by atoms with van der Waals surface area (Å²) in [7, 11) is 1.64. The summed E-state index contributed by atoms with van der Waals surface area (Å²) in [5, 5.41) is 0. The fourth-order valence-electron chi connectivity index (χ4n) is 2.22. The van der Waals surface area contributed by atoms with Crippen molar-refractivity contribution >= 4 is 6.09 Å². The van der Waals surface area contributed by atoms with Crippen LogP contribution in [-0.4, -0.2) is 43.3 Å². The van der Waals surface area contributed by atoms with Crippen molar-refractivity contribution in [2.75, 3.05) is 20.2 Å². The molecular formula is C14H20N2O3. The highest BCUT2D eigenvalue weighted by Gasteiger charge is 2.28. The summed E-state index contributed by atoms with van der Waals surface area (Å²) in [6, 6.07) is 9.56. The SMILES string of the molecule is CO[C@@H]1C[C@@H](N)CN(C(=O)OCc2ccccc2)C1. The predicted octanol–water partition coefficient (Wildman–Crippen LogP) is 1.37. The van der Waals surface area contributed by atoms with Crippen molar-refractivity contribution < 1.29 is 14.3 Å². The van der Waals surface area contributed by atoms with E-state index in [1.807, 2.05) is 30.3 Å². The number of nitrogens with zero attached hydrogens (tertiary/aromatic N) is 1. The quantitative estimate of drug-likeness (QED) is 0.895. The topological polar surface area (TPSA) is 64.8 Å². The van der Waals surface area contributed by atoms with Crippen LogP contribution in [0.25, 0.3) is 0 Å². The predicted molar refractivity (Wildman–Crippen MR) is 71.6 cm³/mol. The van der Waals surface area contributed by atoms with Crippen LogP contribution in [0, 0.1) is 0 Å². The number of piperidine rings is 1. The van der Waals surface area contributed by atoms with Gasteiger partial charge in [-0.2, -0.15) is 0 Å². The third-order valence-corrected chi connectivity index (χ3v) is 3.24. The maximum atomic E-state index is 12.0. The van der Waals surface area contributed by atoms with Gasteiger partial charge in [-0.3, -0.25) is 0 Å². The number of carbonyl (C=O) groups excluding carboxylic acids is 1. The standard InChI is InChI=1S/C14H20N2O3/c1-18-13-7-12(15)8-16(9-13)14(17)19-10-11-5-3-2-4-6-11/h2-6,12-13H,7-10,15H2,1H3/t12-,13-/m1/s1. The molecule has 19 heavy (non-hydrogen) atoms. The molecule has 0 radical (unpaired) electrons. The number of rotatable bonds is 3. The maximum absolute atomic E-state index is 12.0. The smallest absolute Gasteiger partial charge is 0.410 e. The van der Waals surface area contributed by atoms with E-state index in [9.17, 15) is 4.79 Å². The molecular weight excluding hydrogens is 244 g/mol. The molecule has 2 N–H and O–H groups in total. The van der Waals surface area contributed by atoms with Crippen molar-refractivity contribution in [1.29, 1.82) is 0 Å².